The molecule has 3 N–H and O–H groups in total. The van der Waals surface area contributed by atoms with Crippen molar-refractivity contribution in [1.29, 1.82) is 0 Å². The molecule has 0 radical (unpaired) electrons. The van der Waals surface area contributed by atoms with Crippen molar-refractivity contribution in [2.75, 3.05) is 17.2 Å². The highest BCUT2D eigenvalue weighted by Crippen LogP contribution is 2.28. The molecule has 5 rings (SSSR count). The summed E-state index contributed by atoms with van der Waals surface area (Å²) in [5, 5.41) is 7.73. The third-order valence-corrected chi connectivity index (χ3v) is 6.34. The van der Waals surface area contributed by atoms with Crippen molar-refractivity contribution in [2.45, 2.75) is 27.2 Å². The van der Waals surface area contributed by atoms with Crippen molar-refractivity contribution in [3.8, 4) is 0 Å². The molecule has 162 valence electrons. The number of nitrogens with zero attached hydrogens (tertiary/aromatic N) is 3. The van der Waals surface area contributed by atoms with Gasteiger partial charge in [0.25, 0.3) is 0 Å². The Hall–Kier alpha value is -3.52. The van der Waals surface area contributed by atoms with Crippen LogP contribution in [0.25, 0.3) is 21.1 Å². The van der Waals surface area contributed by atoms with E-state index in [4.69, 9.17) is 0 Å². The Morgan fingerprint density at radius 3 is 2.75 bits per heavy atom. The highest BCUT2D eigenvalue weighted by Gasteiger charge is 2.14. The number of benzene rings is 2. The molecule has 0 aliphatic rings. The molecule has 0 spiro atoms. The molecule has 0 bridgehead atoms. The van der Waals surface area contributed by atoms with E-state index >= 15 is 0 Å². The fourth-order valence-electron chi connectivity index (χ4n) is 4.07. The summed E-state index contributed by atoms with van der Waals surface area (Å²) in [7, 11) is 0. The number of thiazole rings is 1. The molecule has 5 aromatic rings. The van der Waals surface area contributed by atoms with E-state index in [2.05, 4.69) is 36.6 Å². The lowest BCUT2D eigenvalue weighted by Gasteiger charge is -2.11. The van der Waals surface area contributed by atoms with Gasteiger partial charge in [-0.1, -0.05) is 6.07 Å². The molecular weight excluding hydrogens is 423 g/mol. The first-order chi connectivity index (χ1) is 15.5. The average molecular weight is 447 g/mol. The molecule has 0 amide bonds. The van der Waals surface area contributed by atoms with Crippen molar-refractivity contribution in [1.82, 2.24) is 19.9 Å². The second-order valence-corrected chi connectivity index (χ2v) is 8.75. The van der Waals surface area contributed by atoms with Gasteiger partial charge in [0.1, 0.15) is 23.3 Å². The van der Waals surface area contributed by atoms with Crippen molar-refractivity contribution in [2.24, 2.45) is 0 Å². The van der Waals surface area contributed by atoms with Crippen molar-refractivity contribution in [3.63, 3.8) is 0 Å². The van der Waals surface area contributed by atoms with Crippen LogP contribution in [0.15, 0.2) is 41.9 Å². The molecule has 3 aromatic heterocycles. The molecule has 3 heterocycles. The smallest absolute Gasteiger partial charge is 0.147 e. The van der Waals surface area contributed by atoms with Crippen LogP contribution in [0.5, 0.6) is 0 Å². The van der Waals surface area contributed by atoms with Crippen molar-refractivity contribution < 1.29 is 4.39 Å². The first kappa shape index (κ1) is 20.4. The van der Waals surface area contributed by atoms with Crippen LogP contribution in [0.2, 0.25) is 0 Å². The number of halogens is 1. The Bertz CT molecular complexity index is 1440. The maximum atomic E-state index is 14.2. The van der Waals surface area contributed by atoms with Gasteiger partial charge in [0.15, 0.2) is 0 Å². The Labute approximate surface area is 189 Å². The van der Waals surface area contributed by atoms with Gasteiger partial charge in [0.2, 0.25) is 0 Å². The highest BCUT2D eigenvalue weighted by molar-refractivity contribution is 7.16. The number of anilines is 3. The minimum absolute atomic E-state index is 0.216. The van der Waals surface area contributed by atoms with Crippen LogP contribution in [-0.4, -0.2) is 26.5 Å². The maximum absolute atomic E-state index is 14.2. The van der Waals surface area contributed by atoms with Crippen molar-refractivity contribution in [3.05, 3.63) is 70.4 Å². The maximum Gasteiger partial charge on any atom is 0.147 e. The molecule has 0 aliphatic carbocycles. The standard InChI is InChI=1S/C24H23FN6S/c1-13-4-6-18(25)24-23(13)17(14(2)28-24)8-9-26-21-11-22(30-15(3)29-21)31-16-5-7-19-20(10-16)32-12-27-19/h4-7,10-12,28H,8-9H2,1-3H3,(H2,26,29,30,31). The quantitative estimate of drug-likeness (QED) is 0.297. The number of hydrogen-bond acceptors (Lipinski definition) is 6. The molecule has 32 heavy (non-hydrogen) atoms. The van der Waals surface area contributed by atoms with Crippen LogP contribution in [0, 0.1) is 26.6 Å². The van der Waals surface area contributed by atoms with Gasteiger partial charge in [-0.3, -0.25) is 0 Å². The predicted octanol–water partition coefficient (Wildman–Crippen LogP) is 6.03. The Balaban J connectivity index is 1.32. The van der Waals surface area contributed by atoms with Gasteiger partial charge >= 0.3 is 0 Å². The summed E-state index contributed by atoms with van der Waals surface area (Å²) in [4.78, 5) is 16.5. The van der Waals surface area contributed by atoms with Crippen LogP contribution < -0.4 is 10.6 Å². The fraction of sp³-hybridized carbons (Fsp3) is 0.208. The molecule has 8 heteroatoms. The normalized spacial score (nSPS) is 11.4. The van der Waals surface area contributed by atoms with Crippen LogP contribution in [-0.2, 0) is 6.42 Å². The molecule has 6 nitrogen and oxygen atoms in total. The summed E-state index contributed by atoms with van der Waals surface area (Å²) in [6.45, 7) is 6.55. The summed E-state index contributed by atoms with van der Waals surface area (Å²) >= 11 is 1.61. The lowest BCUT2D eigenvalue weighted by molar-refractivity contribution is 0.637. The zero-order valence-electron chi connectivity index (χ0n) is 18.1. The molecule has 0 aliphatic heterocycles. The van der Waals surface area contributed by atoms with E-state index in [-0.39, 0.29) is 5.82 Å². The SMILES string of the molecule is Cc1nc(NCCc2c(C)[nH]c3c(F)ccc(C)c23)cc(Nc2ccc3ncsc3c2)n1. The number of H-pyrrole nitrogens is 1. The zero-order valence-corrected chi connectivity index (χ0v) is 18.9. The Morgan fingerprint density at radius 2 is 1.88 bits per heavy atom. The van der Waals surface area contributed by atoms with E-state index in [1.54, 1.807) is 11.3 Å². The van der Waals surface area contributed by atoms with Crippen LogP contribution in [0.3, 0.4) is 0 Å². The van der Waals surface area contributed by atoms with Gasteiger partial charge in [-0.25, -0.2) is 19.3 Å². The number of aromatic amines is 1. The van der Waals surface area contributed by atoms with Crippen LogP contribution in [0.4, 0.5) is 21.7 Å². The summed E-state index contributed by atoms with van der Waals surface area (Å²) in [6.07, 6.45) is 0.754. The van der Waals surface area contributed by atoms with Gasteiger partial charge in [0.05, 0.1) is 21.2 Å². The molecule has 2 aromatic carbocycles. The van der Waals surface area contributed by atoms with Crippen molar-refractivity contribution >= 4 is 49.8 Å². The molecule has 0 fully saturated rings. The van der Waals surface area contributed by atoms with E-state index in [0.717, 1.165) is 56.2 Å². The minimum atomic E-state index is -0.216. The Kier molecular flexibility index (Phi) is 5.22. The molecule has 0 unspecified atom stereocenters. The largest absolute Gasteiger partial charge is 0.370 e. The van der Waals surface area contributed by atoms with E-state index in [9.17, 15) is 4.39 Å². The lowest BCUT2D eigenvalue weighted by Crippen LogP contribution is -2.09. The van der Waals surface area contributed by atoms with Gasteiger partial charge < -0.3 is 15.6 Å². The Morgan fingerprint density at radius 1 is 1.03 bits per heavy atom. The van der Waals surface area contributed by atoms with E-state index < -0.39 is 0 Å². The average Bonchev–Trinajstić information content (AvgIpc) is 3.35. The molecular formula is C24H23FN6S. The number of aryl methyl sites for hydroxylation is 3. The van der Waals surface area contributed by atoms with E-state index in [1.165, 1.54) is 6.07 Å². The number of fused-ring (bicyclic) bond motifs is 2. The molecule has 0 saturated carbocycles. The van der Waals surface area contributed by atoms with E-state index in [1.807, 2.05) is 50.5 Å². The number of nitrogens with one attached hydrogen (secondary N) is 3. The monoisotopic (exact) mass is 446 g/mol. The third-order valence-electron chi connectivity index (χ3n) is 5.55. The summed E-state index contributed by atoms with van der Waals surface area (Å²) in [5.74, 6) is 1.94. The molecule has 0 saturated heterocycles. The first-order valence-corrected chi connectivity index (χ1v) is 11.3. The fourth-order valence-corrected chi connectivity index (χ4v) is 4.79. The highest BCUT2D eigenvalue weighted by atomic mass is 32.1. The number of rotatable bonds is 6. The second kappa shape index (κ2) is 8.20. The predicted molar refractivity (Wildman–Crippen MR) is 130 cm³/mol. The zero-order chi connectivity index (χ0) is 22.2. The van der Waals surface area contributed by atoms with Gasteiger partial charge in [-0.15, -0.1) is 11.3 Å². The van der Waals surface area contributed by atoms with Crippen LogP contribution >= 0.6 is 11.3 Å². The second-order valence-electron chi connectivity index (χ2n) is 7.87. The van der Waals surface area contributed by atoms with Crippen LogP contribution in [0.1, 0.15) is 22.6 Å². The first-order valence-electron chi connectivity index (χ1n) is 10.4. The lowest BCUT2D eigenvalue weighted by atomic mass is 10.0. The molecule has 0 atom stereocenters. The number of hydrogen-bond donors (Lipinski definition) is 3. The van der Waals surface area contributed by atoms with E-state index in [0.29, 0.717) is 17.9 Å². The van der Waals surface area contributed by atoms with Gasteiger partial charge in [-0.2, -0.15) is 0 Å². The summed E-state index contributed by atoms with van der Waals surface area (Å²) < 4.78 is 15.3. The van der Waals surface area contributed by atoms with Gasteiger partial charge in [-0.05, 0) is 62.6 Å². The topological polar surface area (TPSA) is 78.5 Å². The third kappa shape index (κ3) is 3.89. The van der Waals surface area contributed by atoms with Gasteiger partial charge in [0, 0.05) is 29.4 Å². The summed E-state index contributed by atoms with van der Waals surface area (Å²) in [6, 6.07) is 11.3. The summed E-state index contributed by atoms with van der Waals surface area (Å²) in [5.41, 5.74) is 7.57. The minimum Gasteiger partial charge on any atom is -0.370 e. The number of aromatic nitrogens is 4.